The predicted octanol–water partition coefficient (Wildman–Crippen LogP) is 4.82. The van der Waals surface area contributed by atoms with Crippen molar-refractivity contribution in [2.24, 2.45) is 0 Å². The molecule has 0 atom stereocenters. The highest BCUT2D eigenvalue weighted by Gasteiger charge is 2.36. The number of allylic oxidation sites excluding steroid dienone is 1. The lowest BCUT2D eigenvalue weighted by Crippen LogP contribution is -2.33. The average molecular weight is 272 g/mol. The molecule has 0 bridgehead atoms. The summed E-state index contributed by atoms with van der Waals surface area (Å²) in [5, 5.41) is 9.63. The molecule has 2 rings (SSSR count). The monoisotopic (exact) mass is 272 g/mol. The number of rotatable bonds is 2. The van der Waals surface area contributed by atoms with Gasteiger partial charge < -0.3 is 5.11 Å². The van der Waals surface area contributed by atoms with Crippen LogP contribution < -0.4 is 0 Å². The topological polar surface area (TPSA) is 20.2 Å². The van der Waals surface area contributed by atoms with Gasteiger partial charge in [-0.25, -0.2) is 0 Å². The second-order valence-corrected chi connectivity index (χ2v) is 7.66. The van der Waals surface area contributed by atoms with Gasteiger partial charge in [0, 0.05) is 0 Å². The Hall–Kier alpha value is -1.08. The van der Waals surface area contributed by atoms with E-state index in [-0.39, 0.29) is 17.4 Å². The zero-order valence-electron chi connectivity index (χ0n) is 13.8. The van der Waals surface area contributed by atoms with E-state index >= 15 is 0 Å². The lowest BCUT2D eigenvalue weighted by molar-refractivity contribution is 0.331. The SMILES string of the molecule is CC(C)=C(CO)c1ccc2c(c1)C(C)(C)CCC2(C)C. The van der Waals surface area contributed by atoms with Crippen molar-refractivity contribution < 1.29 is 5.11 Å². The van der Waals surface area contributed by atoms with Crippen LogP contribution in [-0.4, -0.2) is 11.7 Å². The smallest absolute Gasteiger partial charge is 0.0687 e. The normalized spacial score (nSPS) is 19.4. The molecule has 1 aromatic carbocycles. The van der Waals surface area contributed by atoms with E-state index in [1.54, 1.807) is 0 Å². The van der Waals surface area contributed by atoms with Crippen LogP contribution in [0.15, 0.2) is 23.8 Å². The first-order chi connectivity index (χ1) is 9.19. The molecule has 110 valence electrons. The van der Waals surface area contributed by atoms with Gasteiger partial charge in [-0.3, -0.25) is 0 Å². The summed E-state index contributed by atoms with van der Waals surface area (Å²) in [7, 11) is 0. The fourth-order valence-electron chi connectivity index (χ4n) is 3.31. The highest BCUT2D eigenvalue weighted by molar-refractivity contribution is 5.70. The molecule has 20 heavy (non-hydrogen) atoms. The van der Waals surface area contributed by atoms with Crippen molar-refractivity contribution in [3.63, 3.8) is 0 Å². The fraction of sp³-hybridized carbons (Fsp3) is 0.579. The summed E-state index contributed by atoms with van der Waals surface area (Å²) >= 11 is 0. The van der Waals surface area contributed by atoms with Crippen LogP contribution in [0.4, 0.5) is 0 Å². The molecule has 1 N–H and O–H groups in total. The molecule has 0 aliphatic heterocycles. The van der Waals surface area contributed by atoms with Crippen LogP contribution in [0.25, 0.3) is 5.57 Å². The molecular formula is C19H28O. The Balaban J connectivity index is 2.63. The van der Waals surface area contributed by atoms with Gasteiger partial charge >= 0.3 is 0 Å². The van der Waals surface area contributed by atoms with E-state index in [0.717, 1.165) is 5.57 Å². The number of hydrogen-bond acceptors (Lipinski definition) is 1. The summed E-state index contributed by atoms with van der Waals surface area (Å²) in [5.74, 6) is 0. The molecule has 0 amide bonds. The molecule has 1 aromatic rings. The van der Waals surface area contributed by atoms with Crippen molar-refractivity contribution in [1.29, 1.82) is 0 Å². The zero-order chi connectivity index (χ0) is 15.1. The summed E-state index contributed by atoms with van der Waals surface area (Å²) in [4.78, 5) is 0. The Kier molecular flexibility index (Phi) is 3.85. The summed E-state index contributed by atoms with van der Waals surface area (Å²) in [6, 6.07) is 6.78. The van der Waals surface area contributed by atoms with Gasteiger partial charge in [-0.05, 0) is 59.8 Å². The number of benzene rings is 1. The van der Waals surface area contributed by atoms with Crippen LogP contribution >= 0.6 is 0 Å². The van der Waals surface area contributed by atoms with Gasteiger partial charge in [0.2, 0.25) is 0 Å². The second-order valence-electron chi connectivity index (χ2n) is 7.66. The third-order valence-electron chi connectivity index (χ3n) is 4.96. The van der Waals surface area contributed by atoms with Crippen LogP contribution in [-0.2, 0) is 10.8 Å². The molecule has 0 saturated carbocycles. The first-order valence-corrected chi connectivity index (χ1v) is 7.61. The summed E-state index contributed by atoms with van der Waals surface area (Å²) in [6.45, 7) is 13.6. The number of aliphatic hydroxyl groups is 1. The Bertz CT molecular complexity index is 543. The van der Waals surface area contributed by atoms with E-state index in [4.69, 9.17) is 0 Å². The van der Waals surface area contributed by atoms with Gasteiger partial charge in [0.1, 0.15) is 0 Å². The zero-order valence-corrected chi connectivity index (χ0v) is 13.8. The van der Waals surface area contributed by atoms with E-state index in [1.165, 1.54) is 35.1 Å². The van der Waals surface area contributed by atoms with Crippen molar-refractivity contribution in [2.45, 2.75) is 65.2 Å². The first kappa shape index (κ1) is 15.3. The predicted molar refractivity (Wildman–Crippen MR) is 87.1 cm³/mol. The molecule has 1 heteroatoms. The number of aliphatic hydroxyl groups excluding tert-OH is 1. The van der Waals surface area contributed by atoms with Crippen LogP contribution in [0, 0.1) is 0 Å². The minimum Gasteiger partial charge on any atom is -0.392 e. The molecule has 0 heterocycles. The molecule has 0 fully saturated rings. The van der Waals surface area contributed by atoms with Gasteiger partial charge in [0.05, 0.1) is 6.61 Å². The Morgan fingerprint density at radius 3 is 2.05 bits per heavy atom. The third kappa shape index (κ3) is 2.56. The van der Waals surface area contributed by atoms with E-state index in [1.807, 2.05) is 0 Å². The lowest BCUT2D eigenvalue weighted by atomic mass is 9.63. The van der Waals surface area contributed by atoms with Gasteiger partial charge in [0.25, 0.3) is 0 Å². The Labute approximate surface area is 123 Å². The molecule has 0 aromatic heterocycles. The summed E-state index contributed by atoms with van der Waals surface area (Å²) in [6.07, 6.45) is 2.46. The highest BCUT2D eigenvalue weighted by atomic mass is 16.3. The Morgan fingerprint density at radius 1 is 1.00 bits per heavy atom. The van der Waals surface area contributed by atoms with E-state index in [0.29, 0.717) is 0 Å². The molecule has 0 spiro atoms. The van der Waals surface area contributed by atoms with Crippen molar-refractivity contribution in [1.82, 2.24) is 0 Å². The van der Waals surface area contributed by atoms with Crippen LogP contribution in [0.5, 0.6) is 0 Å². The van der Waals surface area contributed by atoms with E-state index < -0.39 is 0 Å². The maximum absolute atomic E-state index is 9.63. The fourth-order valence-corrected chi connectivity index (χ4v) is 3.31. The van der Waals surface area contributed by atoms with Gasteiger partial charge in [-0.15, -0.1) is 0 Å². The second kappa shape index (κ2) is 5.04. The standard InChI is InChI=1S/C19H28O/c1-13(2)15(12-20)14-7-8-16-17(11-14)19(5,6)10-9-18(16,3)4/h7-8,11,20H,9-10,12H2,1-6H3. The third-order valence-corrected chi connectivity index (χ3v) is 4.96. The van der Waals surface area contributed by atoms with Gasteiger partial charge in [-0.2, -0.15) is 0 Å². The molecular weight excluding hydrogens is 244 g/mol. The van der Waals surface area contributed by atoms with Crippen molar-refractivity contribution >= 4 is 5.57 Å². The number of fused-ring (bicyclic) bond motifs is 1. The minimum absolute atomic E-state index is 0.116. The van der Waals surface area contributed by atoms with Gasteiger partial charge in [0.15, 0.2) is 0 Å². The summed E-state index contributed by atoms with van der Waals surface area (Å²) < 4.78 is 0. The minimum atomic E-state index is 0.116. The summed E-state index contributed by atoms with van der Waals surface area (Å²) in [5.41, 5.74) is 6.85. The van der Waals surface area contributed by atoms with Crippen molar-refractivity contribution in [2.75, 3.05) is 6.61 Å². The molecule has 1 aliphatic rings. The van der Waals surface area contributed by atoms with Crippen molar-refractivity contribution in [3.05, 3.63) is 40.5 Å². The molecule has 0 unspecified atom stereocenters. The van der Waals surface area contributed by atoms with Crippen molar-refractivity contribution in [3.8, 4) is 0 Å². The maximum Gasteiger partial charge on any atom is 0.0687 e. The van der Waals surface area contributed by atoms with Crippen LogP contribution in [0.2, 0.25) is 0 Å². The van der Waals surface area contributed by atoms with E-state index in [2.05, 4.69) is 59.7 Å². The highest BCUT2D eigenvalue weighted by Crippen LogP contribution is 2.46. The molecule has 1 aliphatic carbocycles. The van der Waals surface area contributed by atoms with Crippen LogP contribution in [0.1, 0.15) is 71.1 Å². The van der Waals surface area contributed by atoms with E-state index in [9.17, 15) is 5.11 Å². The average Bonchev–Trinajstić information content (AvgIpc) is 2.36. The number of hydrogen-bond donors (Lipinski definition) is 1. The largest absolute Gasteiger partial charge is 0.392 e. The first-order valence-electron chi connectivity index (χ1n) is 7.61. The van der Waals surface area contributed by atoms with Gasteiger partial charge in [-0.1, -0.05) is 51.5 Å². The Morgan fingerprint density at radius 2 is 1.55 bits per heavy atom. The molecule has 0 radical (unpaired) electrons. The lowest BCUT2D eigenvalue weighted by Gasteiger charge is -2.42. The molecule has 1 nitrogen and oxygen atoms in total. The maximum atomic E-state index is 9.63. The quantitative estimate of drug-likeness (QED) is 0.818. The van der Waals surface area contributed by atoms with Crippen LogP contribution in [0.3, 0.4) is 0 Å². The molecule has 0 saturated heterocycles.